The number of unbranched alkanes of at least 4 members (excludes halogenated alkanes) is 6. The minimum absolute atomic E-state index is 0.0605. The molecule has 1 rings (SSSR count). The lowest BCUT2D eigenvalue weighted by Gasteiger charge is -2.05. The summed E-state index contributed by atoms with van der Waals surface area (Å²) < 4.78 is 5.06. The predicted octanol–water partition coefficient (Wildman–Crippen LogP) is 3.70. The molecule has 0 bridgehead atoms. The summed E-state index contributed by atoms with van der Waals surface area (Å²) in [6, 6.07) is 0. The first-order valence-electron chi connectivity index (χ1n) is 7.83. The van der Waals surface area contributed by atoms with E-state index in [1.165, 1.54) is 38.5 Å². The SMILES string of the molecule is CCCCCCCCCNC(=O)Cc1c(C)noc1C. The Morgan fingerprint density at radius 2 is 1.75 bits per heavy atom. The predicted molar refractivity (Wildman–Crippen MR) is 80.7 cm³/mol. The van der Waals surface area contributed by atoms with Gasteiger partial charge < -0.3 is 9.84 Å². The molecule has 0 aliphatic heterocycles. The van der Waals surface area contributed by atoms with E-state index >= 15 is 0 Å². The van der Waals surface area contributed by atoms with Crippen LogP contribution in [-0.2, 0) is 11.2 Å². The summed E-state index contributed by atoms with van der Waals surface area (Å²) >= 11 is 0. The highest BCUT2D eigenvalue weighted by Crippen LogP contribution is 2.12. The average Bonchev–Trinajstić information content (AvgIpc) is 2.73. The van der Waals surface area contributed by atoms with Crippen molar-refractivity contribution in [2.24, 2.45) is 0 Å². The molecular formula is C16H28N2O2. The Bertz CT molecular complexity index is 380. The Morgan fingerprint density at radius 3 is 2.35 bits per heavy atom. The first-order valence-corrected chi connectivity index (χ1v) is 7.83. The second-order valence-electron chi connectivity index (χ2n) is 5.45. The Morgan fingerprint density at radius 1 is 1.10 bits per heavy atom. The lowest BCUT2D eigenvalue weighted by Crippen LogP contribution is -2.26. The van der Waals surface area contributed by atoms with Crippen LogP contribution in [0.3, 0.4) is 0 Å². The molecule has 0 atom stereocenters. The van der Waals surface area contributed by atoms with Gasteiger partial charge in [0.1, 0.15) is 5.76 Å². The van der Waals surface area contributed by atoms with Crippen LogP contribution in [0.25, 0.3) is 0 Å². The summed E-state index contributed by atoms with van der Waals surface area (Å²) in [4.78, 5) is 11.8. The number of aryl methyl sites for hydroxylation is 2. The molecule has 4 heteroatoms. The second-order valence-corrected chi connectivity index (χ2v) is 5.45. The Balaban J connectivity index is 2.06. The van der Waals surface area contributed by atoms with Crippen molar-refractivity contribution in [2.75, 3.05) is 6.54 Å². The van der Waals surface area contributed by atoms with E-state index in [9.17, 15) is 4.79 Å². The van der Waals surface area contributed by atoms with Gasteiger partial charge in [-0.25, -0.2) is 0 Å². The summed E-state index contributed by atoms with van der Waals surface area (Å²) in [5, 5.41) is 6.83. The van der Waals surface area contributed by atoms with E-state index in [1.54, 1.807) is 0 Å². The van der Waals surface area contributed by atoms with Crippen LogP contribution in [-0.4, -0.2) is 17.6 Å². The van der Waals surface area contributed by atoms with Gasteiger partial charge in [-0.1, -0.05) is 50.6 Å². The van der Waals surface area contributed by atoms with E-state index in [4.69, 9.17) is 4.52 Å². The summed E-state index contributed by atoms with van der Waals surface area (Å²) in [6.07, 6.45) is 9.22. The van der Waals surface area contributed by atoms with Gasteiger partial charge in [0.15, 0.2) is 0 Å². The van der Waals surface area contributed by atoms with E-state index in [-0.39, 0.29) is 5.91 Å². The number of aromatic nitrogens is 1. The molecule has 114 valence electrons. The van der Waals surface area contributed by atoms with Gasteiger partial charge in [-0.05, 0) is 20.3 Å². The van der Waals surface area contributed by atoms with Gasteiger partial charge >= 0.3 is 0 Å². The first-order chi connectivity index (χ1) is 9.65. The molecule has 0 radical (unpaired) electrons. The molecule has 20 heavy (non-hydrogen) atoms. The van der Waals surface area contributed by atoms with Gasteiger partial charge in [0, 0.05) is 12.1 Å². The quantitative estimate of drug-likeness (QED) is 0.665. The van der Waals surface area contributed by atoms with E-state index in [2.05, 4.69) is 17.4 Å². The Labute approximate surface area is 122 Å². The number of hydrogen-bond acceptors (Lipinski definition) is 3. The maximum Gasteiger partial charge on any atom is 0.224 e. The number of rotatable bonds is 10. The smallest absolute Gasteiger partial charge is 0.224 e. The molecule has 1 amide bonds. The molecule has 0 spiro atoms. The van der Waals surface area contributed by atoms with Crippen LogP contribution in [0.5, 0.6) is 0 Å². The highest BCUT2D eigenvalue weighted by Gasteiger charge is 2.12. The van der Waals surface area contributed by atoms with Crippen LogP contribution in [0, 0.1) is 13.8 Å². The van der Waals surface area contributed by atoms with Gasteiger partial charge in [-0.2, -0.15) is 0 Å². The molecule has 1 N–H and O–H groups in total. The Hall–Kier alpha value is -1.32. The van der Waals surface area contributed by atoms with Gasteiger partial charge in [0.25, 0.3) is 0 Å². The molecule has 0 aromatic carbocycles. The fraction of sp³-hybridized carbons (Fsp3) is 0.750. The molecule has 4 nitrogen and oxygen atoms in total. The van der Waals surface area contributed by atoms with Crippen LogP contribution in [0.15, 0.2) is 4.52 Å². The van der Waals surface area contributed by atoms with Gasteiger partial charge in [-0.3, -0.25) is 4.79 Å². The topological polar surface area (TPSA) is 55.1 Å². The average molecular weight is 280 g/mol. The van der Waals surface area contributed by atoms with Crippen LogP contribution in [0.2, 0.25) is 0 Å². The van der Waals surface area contributed by atoms with Crippen molar-refractivity contribution in [3.8, 4) is 0 Å². The van der Waals surface area contributed by atoms with Crippen LogP contribution in [0.4, 0.5) is 0 Å². The van der Waals surface area contributed by atoms with E-state index in [1.807, 2.05) is 13.8 Å². The maximum absolute atomic E-state index is 11.8. The zero-order valence-electron chi connectivity index (χ0n) is 13.1. The number of carbonyl (C=O) groups excluding carboxylic acids is 1. The van der Waals surface area contributed by atoms with Crippen LogP contribution >= 0.6 is 0 Å². The van der Waals surface area contributed by atoms with Crippen molar-refractivity contribution in [3.63, 3.8) is 0 Å². The van der Waals surface area contributed by atoms with Crippen molar-refractivity contribution in [1.29, 1.82) is 0 Å². The van der Waals surface area contributed by atoms with Crippen molar-refractivity contribution in [1.82, 2.24) is 10.5 Å². The van der Waals surface area contributed by atoms with Crippen molar-refractivity contribution in [2.45, 2.75) is 72.1 Å². The third-order valence-electron chi connectivity index (χ3n) is 3.62. The monoisotopic (exact) mass is 280 g/mol. The fourth-order valence-corrected chi connectivity index (χ4v) is 2.29. The summed E-state index contributed by atoms with van der Waals surface area (Å²) in [5.74, 6) is 0.805. The van der Waals surface area contributed by atoms with Crippen LogP contribution < -0.4 is 5.32 Å². The number of amides is 1. The molecule has 1 aromatic rings. The van der Waals surface area contributed by atoms with Gasteiger partial charge in [0.2, 0.25) is 5.91 Å². The molecule has 0 saturated heterocycles. The summed E-state index contributed by atoms with van der Waals surface area (Å²) in [5.41, 5.74) is 1.73. The molecule has 0 aliphatic rings. The number of hydrogen-bond donors (Lipinski definition) is 1. The third-order valence-corrected chi connectivity index (χ3v) is 3.62. The van der Waals surface area contributed by atoms with E-state index in [0.717, 1.165) is 30.0 Å². The number of nitrogens with zero attached hydrogens (tertiary/aromatic N) is 1. The van der Waals surface area contributed by atoms with Crippen LogP contribution in [0.1, 0.15) is 68.9 Å². The first kappa shape index (κ1) is 16.7. The van der Waals surface area contributed by atoms with Gasteiger partial charge in [0.05, 0.1) is 12.1 Å². The van der Waals surface area contributed by atoms with Crippen molar-refractivity contribution in [3.05, 3.63) is 17.0 Å². The fourth-order valence-electron chi connectivity index (χ4n) is 2.29. The largest absolute Gasteiger partial charge is 0.361 e. The highest BCUT2D eigenvalue weighted by molar-refractivity contribution is 5.78. The summed E-state index contributed by atoms with van der Waals surface area (Å²) in [6.45, 7) is 6.72. The number of nitrogens with one attached hydrogen (secondary N) is 1. The van der Waals surface area contributed by atoms with Gasteiger partial charge in [-0.15, -0.1) is 0 Å². The lowest BCUT2D eigenvalue weighted by atomic mass is 10.1. The van der Waals surface area contributed by atoms with Crippen molar-refractivity contribution >= 4 is 5.91 Å². The number of carbonyl (C=O) groups is 1. The molecule has 1 aromatic heterocycles. The Kier molecular flexibility index (Phi) is 8.00. The molecular weight excluding hydrogens is 252 g/mol. The van der Waals surface area contributed by atoms with Crippen molar-refractivity contribution < 1.29 is 9.32 Å². The molecule has 0 saturated carbocycles. The lowest BCUT2D eigenvalue weighted by molar-refractivity contribution is -0.120. The zero-order valence-corrected chi connectivity index (χ0v) is 13.1. The zero-order chi connectivity index (χ0) is 14.8. The molecule has 0 unspecified atom stereocenters. The summed E-state index contributed by atoms with van der Waals surface area (Å²) in [7, 11) is 0. The second kappa shape index (κ2) is 9.56. The standard InChI is InChI=1S/C16H28N2O2/c1-4-5-6-7-8-9-10-11-17-16(19)12-15-13(2)18-20-14(15)3/h4-12H2,1-3H3,(H,17,19). The minimum atomic E-state index is 0.0605. The maximum atomic E-state index is 11.8. The normalized spacial score (nSPS) is 10.8. The third kappa shape index (κ3) is 6.22. The van der Waals surface area contributed by atoms with E-state index in [0.29, 0.717) is 6.42 Å². The minimum Gasteiger partial charge on any atom is -0.361 e. The molecule has 1 heterocycles. The molecule has 0 aliphatic carbocycles. The highest BCUT2D eigenvalue weighted by atomic mass is 16.5. The molecule has 0 fully saturated rings. The van der Waals surface area contributed by atoms with E-state index < -0.39 is 0 Å².